The molecule has 4 rings (SSSR count). The van der Waals surface area contributed by atoms with Crippen molar-refractivity contribution in [1.29, 1.82) is 0 Å². The first-order valence-corrected chi connectivity index (χ1v) is 11.0. The van der Waals surface area contributed by atoms with E-state index in [1.165, 1.54) is 11.1 Å². The van der Waals surface area contributed by atoms with Crippen LogP contribution in [0.1, 0.15) is 29.8 Å². The molecule has 4 nitrogen and oxygen atoms in total. The van der Waals surface area contributed by atoms with Gasteiger partial charge in [0.25, 0.3) is 0 Å². The zero-order valence-electron chi connectivity index (χ0n) is 18.0. The average Bonchev–Trinajstić information content (AvgIpc) is 3.10. The summed E-state index contributed by atoms with van der Waals surface area (Å²) < 4.78 is 14.2. The second-order valence-corrected chi connectivity index (χ2v) is 8.23. The fourth-order valence-corrected chi connectivity index (χ4v) is 3.87. The van der Waals surface area contributed by atoms with Crippen LogP contribution in [0.3, 0.4) is 0 Å². The highest BCUT2D eigenvalue weighted by atomic mass is 35.5. The van der Waals surface area contributed by atoms with Crippen LogP contribution in [0.4, 0.5) is 0 Å². The predicted octanol–water partition coefficient (Wildman–Crippen LogP) is 6.74. The zero-order chi connectivity index (χ0) is 21.6. The molecule has 0 bridgehead atoms. The van der Waals surface area contributed by atoms with Crippen LogP contribution in [0.25, 0.3) is 11.0 Å². The highest BCUT2D eigenvalue weighted by Gasteiger charge is 2.11. The normalized spacial score (nSPS) is 11.1. The second-order valence-electron chi connectivity index (χ2n) is 7.79. The van der Waals surface area contributed by atoms with Crippen LogP contribution >= 0.6 is 11.6 Å². The van der Waals surface area contributed by atoms with Gasteiger partial charge in [0.05, 0.1) is 17.6 Å². The van der Waals surface area contributed by atoms with Crippen LogP contribution in [0, 0.1) is 13.8 Å². The minimum absolute atomic E-state index is 0.412. The number of para-hydroxylation sites is 2. The lowest BCUT2D eigenvalue weighted by molar-refractivity contribution is 0.285. The lowest BCUT2D eigenvalue weighted by Crippen LogP contribution is -2.09. The first kappa shape index (κ1) is 21.3. The van der Waals surface area contributed by atoms with Crippen LogP contribution < -0.4 is 9.47 Å². The molecule has 0 unspecified atom stereocenters. The number of nitrogens with zero attached hydrogens (tertiary/aromatic N) is 2. The van der Waals surface area contributed by atoms with E-state index in [9.17, 15) is 0 Å². The number of ether oxygens (including phenoxy) is 2. The number of benzene rings is 3. The number of hydrogen-bond acceptors (Lipinski definition) is 3. The van der Waals surface area contributed by atoms with E-state index < -0.39 is 0 Å². The monoisotopic (exact) mass is 434 g/mol. The van der Waals surface area contributed by atoms with Crippen molar-refractivity contribution in [2.75, 3.05) is 6.61 Å². The van der Waals surface area contributed by atoms with E-state index in [1.54, 1.807) is 0 Å². The third-order valence-electron chi connectivity index (χ3n) is 5.16. The fourth-order valence-electron chi connectivity index (χ4n) is 3.74. The van der Waals surface area contributed by atoms with E-state index in [-0.39, 0.29) is 0 Å². The van der Waals surface area contributed by atoms with E-state index in [0.29, 0.717) is 18.2 Å². The van der Waals surface area contributed by atoms with E-state index in [0.717, 1.165) is 47.7 Å². The van der Waals surface area contributed by atoms with Crippen molar-refractivity contribution in [3.63, 3.8) is 0 Å². The standard InChI is InChI=1S/C26H27ClN2O2/c1-19-15-20(2)17-23(16-19)30-14-6-5-13-29-25-8-4-3-7-24(25)28-26(29)18-31-22-11-9-21(27)10-12-22/h3-4,7-12,15-17H,5-6,13-14,18H2,1-2H3. The Balaban J connectivity index is 1.37. The van der Waals surface area contributed by atoms with Crippen LogP contribution in [0.15, 0.2) is 66.7 Å². The number of fused-ring (bicyclic) bond motifs is 1. The molecular formula is C26H27ClN2O2. The summed E-state index contributed by atoms with van der Waals surface area (Å²) in [5, 5.41) is 0.697. The van der Waals surface area contributed by atoms with Crippen molar-refractivity contribution in [1.82, 2.24) is 9.55 Å². The second kappa shape index (κ2) is 9.88. The molecule has 31 heavy (non-hydrogen) atoms. The largest absolute Gasteiger partial charge is 0.494 e. The van der Waals surface area contributed by atoms with Crippen molar-refractivity contribution >= 4 is 22.6 Å². The summed E-state index contributed by atoms with van der Waals surface area (Å²) in [6, 6.07) is 22.0. The van der Waals surface area contributed by atoms with Gasteiger partial charge < -0.3 is 14.0 Å². The summed E-state index contributed by atoms with van der Waals surface area (Å²) in [6.45, 7) is 6.17. The minimum Gasteiger partial charge on any atom is -0.494 e. The van der Waals surface area contributed by atoms with Gasteiger partial charge in [-0.25, -0.2) is 4.98 Å². The Labute approximate surface area is 188 Å². The van der Waals surface area contributed by atoms with Crippen molar-refractivity contribution in [3.05, 3.63) is 88.7 Å². The van der Waals surface area contributed by atoms with E-state index >= 15 is 0 Å². The minimum atomic E-state index is 0.412. The molecule has 0 aliphatic heterocycles. The summed E-state index contributed by atoms with van der Waals surface area (Å²) in [7, 11) is 0. The summed E-state index contributed by atoms with van der Waals surface area (Å²) in [5.74, 6) is 2.65. The Bertz CT molecular complexity index is 1130. The topological polar surface area (TPSA) is 36.3 Å². The van der Waals surface area contributed by atoms with Crippen LogP contribution in [-0.4, -0.2) is 16.2 Å². The quantitative estimate of drug-likeness (QED) is 0.273. The van der Waals surface area contributed by atoms with Crippen LogP contribution in [0.5, 0.6) is 11.5 Å². The smallest absolute Gasteiger partial charge is 0.147 e. The van der Waals surface area contributed by atoms with Crippen molar-refractivity contribution in [2.45, 2.75) is 39.8 Å². The third-order valence-corrected chi connectivity index (χ3v) is 5.41. The number of halogens is 1. The van der Waals surface area contributed by atoms with Gasteiger partial charge >= 0.3 is 0 Å². The van der Waals surface area contributed by atoms with Crippen LogP contribution in [-0.2, 0) is 13.2 Å². The molecule has 0 amide bonds. The number of aromatic nitrogens is 2. The Kier molecular flexibility index (Phi) is 6.78. The maximum atomic E-state index is 5.96. The van der Waals surface area contributed by atoms with Gasteiger partial charge in [0.1, 0.15) is 23.9 Å². The summed E-state index contributed by atoms with van der Waals surface area (Å²) in [4.78, 5) is 4.79. The molecule has 0 N–H and O–H groups in total. The molecule has 3 aromatic carbocycles. The van der Waals surface area contributed by atoms with Gasteiger partial charge in [-0.15, -0.1) is 0 Å². The van der Waals surface area contributed by atoms with Gasteiger partial charge in [0.2, 0.25) is 0 Å². The predicted molar refractivity (Wildman–Crippen MR) is 126 cm³/mol. The molecule has 0 aliphatic carbocycles. The zero-order valence-corrected chi connectivity index (χ0v) is 18.7. The van der Waals surface area contributed by atoms with E-state index in [2.05, 4.69) is 42.7 Å². The number of imidazole rings is 1. The van der Waals surface area contributed by atoms with Crippen molar-refractivity contribution < 1.29 is 9.47 Å². The average molecular weight is 435 g/mol. The van der Waals surface area contributed by atoms with Gasteiger partial charge in [-0.2, -0.15) is 0 Å². The van der Waals surface area contributed by atoms with Gasteiger partial charge in [0.15, 0.2) is 0 Å². The molecular weight excluding hydrogens is 408 g/mol. The third kappa shape index (κ3) is 5.59. The molecule has 0 spiro atoms. The Hall–Kier alpha value is -2.98. The summed E-state index contributed by atoms with van der Waals surface area (Å²) >= 11 is 5.96. The van der Waals surface area contributed by atoms with E-state index in [1.807, 2.05) is 42.5 Å². The molecule has 1 heterocycles. The maximum Gasteiger partial charge on any atom is 0.147 e. The van der Waals surface area contributed by atoms with Gasteiger partial charge in [-0.1, -0.05) is 29.8 Å². The van der Waals surface area contributed by atoms with Gasteiger partial charge in [-0.3, -0.25) is 0 Å². The molecule has 0 saturated heterocycles. The lowest BCUT2D eigenvalue weighted by Gasteiger charge is -2.12. The Morgan fingerprint density at radius 2 is 1.58 bits per heavy atom. The molecule has 0 saturated carbocycles. The Morgan fingerprint density at radius 3 is 2.35 bits per heavy atom. The maximum absolute atomic E-state index is 5.96. The summed E-state index contributed by atoms with van der Waals surface area (Å²) in [6.07, 6.45) is 1.97. The van der Waals surface area contributed by atoms with Gasteiger partial charge in [-0.05, 0) is 86.3 Å². The molecule has 0 atom stereocenters. The molecule has 1 aromatic heterocycles. The first-order valence-electron chi connectivity index (χ1n) is 10.6. The van der Waals surface area contributed by atoms with E-state index in [4.69, 9.17) is 26.1 Å². The molecule has 5 heteroatoms. The highest BCUT2D eigenvalue weighted by Crippen LogP contribution is 2.21. The number of rotatable bonds is 9. The number of aryl methyl sites for hydroxylation is 3. The van der Waals surface area contributed by atoms with Crippen molar-refractivity contribution in [3.8, 4) is 11.5 Å². The molecule has 160 valence electrons. The van der Waals surface area contributed by atoms with Gasteiger partial charge in [0, 0.05) is 11.6 Å². The SMILES string of the molecule is Cc1cc(C)cc(OCCCCn2c(COc3ccc(Cl)cc3)nc3ccccc32)c1. The van der Waals surface area contributed by atoms with Crippen LogP contribution in [0.2, 0.25) is 5.02 Å². The fraction of sp³-hybridized carbons (Fsp3) is 0.269. The molecule has 0 radical (unpaired) electrons. The lowest BCUT2D eigenvalue weighted by atomic mass is 10.1. The summed E-state index contributed by atoms with van der Waals surface area (Å²) in [5.41, 5.74) is 4.58. The molecule has 0 fully saturated rings. The highest BCUT2D eigenvalue weighted by molar-refractivity contribution is 6.30. The Morgan fingerprint density at radius 1 is 0.839 bits per heavy atom. The molecule has 4 aromatic rings. The molecule has 0 aliphatic rings. The number of unbranched alkanes of at least 4 members (excludes halogenated alkanes) is 1. The first-order chi connectivity index (χ1) is 15.1. The number of hydrogen-bond donors (Lipinski definition) is 0. The van der Waals surface area contributed by atoms with Crippen molar-refractivity contribution in [2.24, 2.45) is 0 Å².